The van der Waals surface area contributed by atoms with Gasteiger partial charge in [-0.15, -0.1) is 0 Å². The number of carbonyl (C=O) groups excluding carboxylic acids is 2. The van der Waals surface area contributed by atoms with E-state index in [0.29, 0.717) is 0 Å². The van der Waals surface area contributed by atoms with E-state index in [9.17, 15) is 19.8 Å². The molecular weight excluding hydrogens is 208 g/mol. The zero-order valence-corrected chi connectivity index (χ0v) is 9.60. The van der Waals surface area contributed by atoms with Gasteiger partial charge in [0.2, 0.25) is 0 Å². The molecule has 13 heavy (non-hydrogen) atoms. The zero-order chi connectivity index (χ0) is 10.3. The molecule has 0 spiro atoms. The maximum atomic E-state index is 9.34. The van der Waals surface area contributed by atoms with E-state index >= 15 is 0 Å². The summed E-state index contributed by atoms with van der Waals surface area (Å²) in [6, 6.07) is 0. The Labute approximate surface area is 105 Å². The van der Waals surface area contributed by atoms with E-state index in [1.807, 2.05) is 0 Å². The van der Waals surface area contributed by atoms with Gasteiger partial charge < -0.3 is 30.0 Å². The Kier molecular flexibility index (Phi) is 14.8. The van der Waals surface area contributed by atoms with Crippen molar-refractivity contribution in [2.45, 2.75) is 26.1 Å². The standard InChI is InChI=1S/2C3H6O3.Ca/c2*1-2(4)3(5)6;/h2*2,4H,1H3,(H,5,6);/q;;+2/p-2/t2*2-;/m00./s1. The third kappa shape index (κ3) is 18.8. The Morgan fingerprint density at radius 1 is 1.00 bits per heavy atom. The number of hydrogen-bond acceptors (Lipinski definition) is 6. The van der Waals surface area contributed by atoms with Crippen LogP contribution in [0.1, 0.15) is 13.8 Å². The van der Waals surface area contributed by atoms with Crippen LogP contribution in [0.4, 0.5) is 0 Å². The molecule has 0 radical (unpaired) electrons. The van der Waals surface area contributed by atoms with Crippen molar-refractivity contribution in [1.29, 1.82) is 0 Å². The van der Waals surface area contributed by atoms with Crippen LogP contribution in [0.5, 0.6) is 0 Å². The van der Waals surface area contributed by atoms with Gasteiger partial charge in [0.1, 0.15) is 0 Å². The third-order valence-electron chi connectivity index (χ3n) is 0.682. The van der Waals surface area contributed by atoms with Crippen molar-refractivity contribution in [1.82, 2.24) is 0 Å². The van der Waals surface area contributed by atoms with Crippen LogP contribution >= 0.6 is 0 Å². The molecule has 0 saturated carbocycles. The average molecular weight is 218 g/mol. The smallest absolute Gasteiger partial charge is 0.547 e. The first kappa shape index (κ1) is 18.8. The minimum atomic E-state index is -1.44. The van der Waals surface area contributed by atoms with Gasteiger partial charge in [0.05, 0.1) is 24.1 Å². The molecule has 0 heterocycles. The van der Waals surface area contributed by atoms with Crippen LogP contribution in [0.25, 0.3) is 0 Å². The van der Waals surface area contributed by atoms with Crippen LogP contribution in [0.3, 0.4) is 0 Å². The number of carbonyl (C=O) groups is 2. The van der Waals surface area contributed by atoms with Crippen molar-refractivity contribution in [3.8, 4) is 0 Å². The van der Waals surface area contributed by atoms with Crippen molar-refractivity contribution >= 4 is 49.7 Å². The van der Waals surface area contributed by atoms with Crippen LogP contribution in [-0.4, -0.2) is 72.1 Å². The summed E-state index contributed by atoms with van der Waals surface area (Å²) in [5.41, 5.74) is 0. The number of aliphatic hydroxyl groups is 2. The molecule has 0 rings (SSSR count). The van der Waals surface area contributed by atoms with Crippen molar-refractivity contribution in [3.63, 3.8) is 0 Å². The topological polar surface area (TPSA) is 121 Å². The summed E-state index contributed by atoms with van der Waals surface area (Å²) in [5, 5.41) is 34.6. The minimum Gasteiger partial charge on any atom is -0.547 e. The Hall–Kier alpha value is 0.120. The largest absolute Gasteiger partial charge is 2.00 e. The van der Waals surface area contributed by atoms with Crippen LogP contribution < -0.4 is 10.2 Å². The fraction of sp³-hybridized carbons (Fsp3) is 0.667. The molecule has 0 aromatic carbocycles. The third-order valence-corrected chi connectivity index (χ3v) is 0.682. The summed E-state index contributed by atoms with van der Waals surface area (Å²) in [5.74, 6) is -2.87. The van der Waals surface area contributed by atoms with E-state index in [-0.39, 0.29) is 37.7 Å². The number of aliphatic carboxylic acids is 2. The van der Waals surface area contributed by atoms with Crippen molar-refractivity contribution in [3.05, 3.63) is 0 Å². The van der Waals surface area contributed by atoms with E-state index in [1.54, 1.807) is 0 Å². The normalized spacial score (nSPS) is 12.6. The van der Waals surface area contributed by atoms with Gasteiger partial charge in [0, 0.05) is 0 Å². The molecule has 2 atom stereocenters. The van der Waals surface area contributed by atoms with Gasteiger partial charge in [-0.25, -0.2) is 0 Å². The van der Waals surface area contributed by atoms with Gasteiger partial charge in [0.15, 0.2) is 0 Å². The molecule has 72 valence electrons. The summed E-state index contributed by atoms with van der Waals surface area (Å²) >= 11 is 0. The second kappa shape index (κ2) is 10.2. The molecule has 0 bridgehead atoms. The van der Waals surface area contributed by atoms with Gasteiger partial charge in [-0.2, -0.15) is 0 Å². The Bertz CT molecular complexity index is 137. The molecule has 0 aromatic rings. The van der Waals surface area contributed by atoms with Crippen molar-refractivity contribution in [2.75, 3.05) is 0 Å². The minimum absolute atomic E-state index is 0. The Morgan fingerprint density at radius 3 is 1.08 bits per heavy atom. The molecule has 0 aromatic heterocycles. The summed E-state index contributed by atoms with van der Waals surface area (Å²) in [6.45, 7) is 2.27. The van der Waals surface area contributed by atoms with E-state index in [4.69, 9.17) is 10.2 Å². The molecule has 0 aliphatic rings. The quantitative estimate of drug-likeness (QED) is 0.454. The predicted octanol–water partition coefficient (Wildman–Crippen LogP) is -4.15. The zero-order valence-electron chi connectivity index (χ0n) is 7.39. The molecule has 0 unspecified atom stereocenters. The van der Waals surface area contributed by atoms with Gasteiger partial charge in [-0.3, -0.25) is 0 Å². The second-order valence-corrected chi connectivity index (χ2v) is 1.99. The van der Waals surface area contributed by atoms with Crippen LogP contribution in [0, 0.1) is 0 Å². The maximum absolute atomic E-state index is 9.34. The number of rotatable bonds is 2. The first-order chi connectivity index (χ1) is 5.29. The fourth-order valence-electron chi connectivity index (χ4n) is 0. The van der Waals surface area contributed by atoms with Gasteiger partial charge in [-0.1, -0.05) is 0 Å². The summed E-state index contributed by atoms with van der Waals surface area (Å²) in [6.07, 6.45) is -2.69. The fourth-order valence-corrected chi connectivity index (χ4v) is 0. The van der Waals surface area contributed by atoms with E-state index < -0.39 is 24.1 Å². The summed E-state index contributed by atoms with van der Waals surface area (Å²) in [7, 11) is 0. The molecule has 0 fully saturated rings. The van der Waals surface area contributed by atoms with E-state index in [0.717, 1.165) is 13.8 Å². The summed E-state index contributed by atoms with van der Waals surface area (Å²) < 4.78 is 0. The SMILES string of the molecule is C[C@H](O)C(=O)[O-].C[C@H](O)C(=O)[O-].[Ca+2]. The number of hydrogen-bond donors (Lipinski definition) is 2. The molecule has 6 nitrogen and oxygen atoms in total. The number of carboxylic acid groups (broad SMARTS) is 2. The number of aliphatic hydroxyl groups excluding tert-OH is 2. The molecule has 0 aliphatic heterocycles. The van der Waals surface area contributed by atoms with Crippen molar-refractivity contribution < 1.29 is 30.0 Å². The van der Waals surface area contributed by atoms with E-state index in [2.05, 4.69) is 0 Å². The van der Waals surface area contributed by atoms with Gasteiger partial charge in [0.25, 0.3) is 0 Å². The maximum Gasteiger partial charge on any atom is 2.00 e. The molecular formula is C6H10CaO6. The first-order valence-electron chi connectivity index (χ1n) is 3.06. The predicted molar refractivity (Wildman–Crippen MR) is 39.1 cm³/mol. The molecule has 0 amide bonds. The van der Waals surface area contributed by atoms with Crippen LogP contribution in [0.15, 0.2) is 0 Å². The monoisotopic (exact) mass is 218 g/mol. The molecule has 0 aliphatic carbocycles. The Balaban J connectivity index is -0.000000143. The van der Waals surface area contributed by atoms with Crippen LogP contribution in [0.2, 0.25) is 0 Å². The molecule has 7 heteroatoms. The van der Waals surface area contributed by atoms with Gasteiger partial charge in [-0.05, 0) is 13.8 Å². The van der Waals surface area contributed by atoms with Gasteiger partial charge >= 0.3 is 37.7 Å². The average Bonchev–Trinajstić information content (AvgIpc) is 1.88. The second-order valence-electron chi connectivity index (χ2n) is 1.99. The molecule has 2 N–H and O–H groups in total. The van der Waals surface area contributed by atoms with Crippen LogP contribution in [-0.2, 0) is 9.59 Å². The first-order valence-corrected chi connectivity index (χ1v) is 3.06. The Morgan fingerprint density at radius 2 is 1.08 bits per heavy atom. The van der Waals surface area contributed by atoms with Crippen molar-refractivity contribution in [2.24, 2.45) is 0 Å². The molecule has 0 saturated heterocycles. The van der Waals surface area contributed by atoms with E-state index in [1.165, 1.54) is 0 Å². The number of carboxylic acids is 2. The summed E-state index contributed by atoms with van der Waals surface area (Å²) in [4.78, 5) is 18.7.